The van der Waals surface area contributed by atoms with E-state index in [4.69, 9.17) is 0 Å². The molecule has 7 nitrogen and oxygen atoms in total. The van der Waals surface area contributed by atoms with Crippen LogP contribution in [0.15, 0.2) is 52.4 Å². The highest BCUT2D eigenvalue weighted by Gasteiger charge is 2.36. The average Bonchev–Trinajstić information content (AvgIpc) is 2.91. The number of piperazine rings is 1. The van der Waals surface area contributed by atoms with Crippen molar-refractivity contribution in [3.05, 3.63) is 75.7 Å². The van der Waals surface area contributed by atoms with Crippen LogP contribution in [-0.4, -0.2) is 57.1 Å². The molecule has 0 saturated carbocycles. The van der Waals surface area contributed by atoms with Gasteiger partial charge < -0.3 is 4.90 Å². The Balaban J connectivity index is 0.00000462. The summed E-state index contributed by atoms with van der Waals surface area (Å²) < 4.78 is 42.1. The number of aromatic nitrogens is 4. The molecule has 0 amide bonds. The van der Waals surface area contributed by atoms with Gasteiger partial charge in [0.25, 0.3) is 0 Å². The number of thioether (sulfide) groups is 1. The molecule has 2 aromatic heterocycles. The summed E-state index contributed by atoms with van der Waals surface area (Å²) in [4.78, 5) is 29.4. The van der Waals surface area contributed by atoms with E-state index in [1.807, 2.05) is 57.0 Å². The van der Waals surface area contributed by atoms with Gasteiger partial charge in [-0.2, -0.15) is 18.2 Å². The molecule has 12 heteroatoms. The van der Waals surface area contributed by atoms with Gasteiger partial charge in [0.15, 0.2) is 0 Å². The summed E-state index contributed by atoms with van der Waals surface area (Å²) in [6, 6.07) is 11.2. The maximum absolute atomic E-state index is 13.5. The van der Waals surface area contributed by atoms with Crippen LogP contribution < -0.4 is 10.6 Å². The van der Waals surface area contributed by atoms with E-state index in [9.17, 15) is 18.0 Å². The molecule has 3 heterocycles. The molecule has 4 rings (SSSR count). The van der Waals surface area contributed by atoms with E-state index >= 15 is 0 Å². The van der Waals surface area contributed by atoms with Gasteiger partial charge in [0.1, 0.15) is 22.4 Å². The summed E-state index contributed by atoms with van der Waals surface area (Å²) in [6.07, 6.45) is -0.871. The highest BCUT2D eigenvalue weighted by Crippen LogP contribution is 2.32. The van der Waals surface area contributed by atoms with Crippen LogP contribution in [0.3, 0.4) is 0 Å². The Bertz CT molecular complexity index is 1310. The monoisotopic (exact) mass is 610 g/mol. The number of alkyl halides is 3. The molecule has 0 bridgehead atoms. The van der Waals surface area contributed by atoms with Crippen LogP contribution in [0.2, 0.25) is 0 Å². The maximum atomic E-state index is 13.5. The van der Waals surface area contributed by atoms with Crippen molar-refractivity contribution in [2.24, 2.45) is 0 Å². The van der Waals surface area contributed by atoms with Crippen LogP contribution in [0, 0.1) is 6.92 Å². The molecule has 41 heavy (non-hydrogen) atoms. The fraction of sp³-hybridized carbons (Fsp3) is 0.517. The van der Waals surface area contributed by atoms with Gasteiger partial charge in [-0.05, 0) is 37.4 Å². The molecule has 1 fully saturated rings. The lowest BCUT2D eigenvalue weighted by molar-refractivity contribution is -0.141. The number of hydrogen-bond donors (Lipinski definition) is 0. The minimum absolute atomic E-state index is 0. The minimum Gasteiger partial charge on any atom is -0.354 e. The Hall–Kier alpha value is -2.63. The largest absolute Gasteiger partial charge is 0.433 e. The van der Waals surface area contributed by atoms with Gasteiger partial charge in [-0.25, -0.2) is 14.8 Å². The first-order chi connectivity index (χ1) is 18.9. The van der Waals surface area contributed by atoms with Crippen LogP contribution in [0.25, 0.3) is 0 Å². The van der Waals surface area contributed by atoms with Crippen molar-refractivity contribution in [1.29, 1.82) is 0 Å². The van der Waals surface area contributed by atoms with Crippen molar-refractivity contribution in [2.45, 2.75) is 69.5 Å². The van der Waals surface area contributed by atoms with Crippen molar-refractivity contribution in [3.8, 4) is 0 Å². The number of halogens is 4. The molecule has 0 spiro atoms. The fourth-order valence-electron chi connectivity index (χ4n) is 4.51. The summed E-state index contributed by atoms with van der Waals surface area (Å²) in [5.74, 6) is 1.30. The van der Waals surface area contributed by atoms with E-state index in [0.717, 1.165) is 54.9 Å². The van der Waals surface area contributed by atoms with E-state index in [2.05, 4.69) is 32.0 Å². The SMILES string of the molecule is Cc1cn(CCCCN2CCN(c3cc(C(F)(F)F)nc(C(C)(C)C)n3)CC2)c(=O)nc1SCc1ccccc1.Cl. The van der Waals surface area contributed by atoms with Gasteiger partial charge in [0, 0.05) is 56.2 Å². The second-order valence-electron chi connectivity index (χ2n) is 11.2. The van der Waals surface area contributed by atoms with Crippen LogP contribution in [-0.2, 0) is 23.9 Å². The predicted octanol–water partition coefficient (Wildman–Crippen LogP) is 5.97. The van der Waals surface area contributed by atoms with Gasteiger partial charge in [0.05, 0.1) is 0 Å². The third kappa shape index (κ3) is 9.18. The van der Waals surface area contributed by atoms with Crippen LogP contribution in [0.1, 0.15) is 56.3 Å². The molecule has 0 radical (unpaired) electrons. The zero-order valence-corrected chi connectivity index (χ0v) is 25.6. The highest BCUT2D eigenvalue weighted by atomic mass is 35.5. The summed E-state index contributed by atoms with van der Waals surface area (Å²) in [5.41, 5.74) is 0.469. The second kappa shape index (κ2) is 14.0. The predicted molar refractivity (Wildman–Crippen MR) is 160 cm³/mol. The fourth-order valence-corrected chi connectivity index (χ4v) is 5.43. The smallest absolute Gasteiger partial charge is 0.354 e. The summed E-state index contributed by atoms with van der Waals surface area (Å²) in [7, 11) is 0. The van der Waals surface area contributed by atoms with Crippen molar-refractivity contribution in [3.63, 3.8) is 0 Å². The number of unbranched alkanes of at least 4 members (excludes halogenated alkanes) is 1. The minimum atomic E-state index is -4.52. The van der Waals surface area contributed by atoms with Crippen LogP contribution in [0.4, 0.5) is 19.0 Å². The van der Waals surface area contributed by atoms with E-state index in [1.54, 1.807) is 16.3 Å². The molecule has 0 aliphatic carbocycles. The zero-order valence-electron chi connectivity index (χ0n) is 23.9. The van der Waals surface area contributed by atoms with Crippen molar-refractivity contribution in [1.82, 2.24) is 24.4 Å². The molecule has 0 atom stereocenters. The lowest BCUT2D eigenvalue weighted by atomic mass is 9.95. The standard InChI is InChI=1S/C29H37F3N6OS.ClH/c1-21-19-38(27(39)35-25(21)40-20-22-10-6-5-7-11-22)13-9-8-12-36-14-16-37(17-15-36)24-18-23(29(30,31)32)33-26(34-24)28(2,3)4;/h5-7,10-11,18-19H,8-9,12-17,20H2,1-4H3;1H. The lowest BCUT2D eigenvalue weighted by Gasteiger charge is -2.36. The number of rotatable bonds is 9. The van der Waals surface area contributed by atoms with E-state index in [-0.39, 0.29) is 23.9 Å². The third-order valence-electron chi connectivity index (χ3n) is 6.84. The lowest BCUT2D eigenvalue weighted by Crippen LogP contribution is -2.47. The molecule has 1 aliphatic heterocycles. The van der Waals surface area contributed by atoms with Gasteiger partial charge in [-0.15, -0.1) is 24.2 Å². The zero-order chi connectivity index (χ0) is 28.9. The molecule has 0 unspecified atom stereocenters. The Morgan fingerprint density at radius 2 is 1.59 bits per heavy atom. The summed E-state index contributed by atoms with van der Waals surface area (Å²) >= 11 is 1.57. The van der Waals surface area contributed by atoms with Gasteiger partial charge in [0.2, 0.25) is 0 Å². The Labute approximate surface area is 250 Å². The van der Waals surface area contributed by atoms with E-state index in [1.165, 1.54) is 5.56 Å². The molecule has 1 aromatic carbocycles. The first kappa shape index (κ1) is 32.9. The average molecular weight is 611 g/mol. The third-order valence-corrected chi connectivity index (χ3v) is 8.01. The summed E-state index contributed by atoms with van der Waals surface area (Å²) in [5, 5.41) is 0.767. The van der Waals surface area contributed by atoms with Crippen LogP contribution >= 0.6 is 24.2 Å². The van der Waals surface area contributed by atoms with E-state index < -0.39 is 17.3 Å². The topological polar surface area (TPSA) is 67.2 Å². The first-order valence-electron chi connectivity index (χ1n) is 13.6. The molecule has 1 aliphatic rings. The van der Waals surface area contributed by atoms with Gasteiger partial charge in [-0.3, -0.25) is 9.47 Å². The van der Waals surface area contributed by atoms with Gasteiger partial charge in [-0.1, -0.05) is 51.1 Å². The number of nitrogens with zero attached hydrogens (tertiary/aromatic N) is 6. The van der Waals surface area contributed by atoms with Crippen molar-refractivity contribution in [2.75, 3.05) is 37.6 Å². The molecule has 3 aromatic rings. The summed E-state index contributed by atoms with van der Waals surface area (Å²) in [6.45, 7) is 11.6. The second-order valence-corrected chi connectivity index (χ2v) is 12.2. The Kier molecular flexibility index (Phi) is 11.2. The first-order valence-corrected chi connectivity index (χ1v) is 14.6. The van der Waals surface area contributed by atoms with E-state index in [0.29, 0.717) is 25.5 Å². The Morgan fingerprint density at radius 3 is 2.22 bits per heavy atom. The van der Waals surface area contributed by atoms with Crippen molar-refractivity contribution < 1.29 is 13.2 Å². The molecular weight excluding hydrogens is 573 g/mol. The number of hydrogen-bond acceptors (Lipinski definition) is 7. The number of aryl methyl sites for hydroxylation is 2. The molecule has 224 valence electrons. The highest BCUT2D eigenvalue weighted by molar-refractivity contribution is 7.98. The quantitative estimate of drug-likeness (QED) is 0.168. The van der Waals surface area contributed by atoms with Crippen LogP contribution in [0.5, 0.6) is 0 Å². The number of benzene rings is 1. The maximum Gasteiger partial charge on any atom is 0.433 e. The Morgan fingerprint density at radius 1 is 0.927 bits per heavy atom. The van der Waals surface area contributed by atoms with Crippen molar-refractivity contribution >= 4 is 30.0 Å². The normalized spacial score (nSPS) is 14.7. The molecule has 0 N–H and O–H groups in total. The number of anilines is 1. The molecular formula is C29H38ClF3N6OS. The van der Waals surface area contributed by atoms with Gasteiger partial charge >= 0.3 is 11.9 Å². The molecule has 1 saturated heterocycles.